The Balaban J connectivity index is 2.06. The van der Waals surface area contributed by atoms with E-state index >= 15 is 0 Å². The molecule has 1 aliphatic rings. The fraction of sp³-hybridized carbons (Fsp3) is 0.556. The van der Waals surface area contributed by atoms with Gasteiger partial charge in [-0.15, -0.1) is 0 Å². The van der Waals surface area contributed by atoms with E-state index in [4.69, 9.17) is 0 Å². The summed E-state index contributed by atoms with van der Waals surface area (Å²) in [6, 6.07) is 10.6. The lowest BCUT2D eigenvalue weighted by Crippen LogP contribution is -2.58. The molecule has 1 nitrogen and oxygen atoms in total. The zero-order chi connectivity index (χ0) is 13.9. The highest BCUT2D eigenvalue weighted by Gasteiger charge is 2.40. The van der Waals surface area contributed by atoms with Gasteiger partial charge in [-0.2, -0.15) is 0 Å². The SMILES string of the molecule is CC1(C)CCCC(C)(C)N1C/C=C/c1ccccc1. The molecule has 104 valence electrons. The predicted octanol–water partition coefficient (Wildman–Crippen LogP) is 4.74. The van der Waals surface area contributed by atoms with Gasteiger partial charge in [0, 0.05) is 17.6 Å². The molecule has 1 heterocycles. The number of nitrogens with zero attached hydrogens (tertiary/aromatic N) is 1. The Hall–Kier alpha value is -1.08. The number of benzene rings is 1. The fourth-order valence-electron chi connectivity index (χ4n) is 3.40. The average molecular weight is 257 g/mol. The van der Waals surface area contributed by atoms with Gasteiger partial charge in [-0.1, -0.05) is 42.5 Å². The molecule has 1 heteroatoms. The Morgan fingerprint density at radius 1 is 1.00 bits per heavy atom. The number of hydrogen-bond donors (Lipinski definition) is 0. The zero-order valence-corrected chi connectivity index (χ0v) is 12.8. The smallest absolute Gasteiger partial charge is 0.0177 e. The maximum atomic E-state index is 2.66. The van der Waals surface area contributed by atoms with Gasteiger partial charge in [-0.05, 0) is 52.5 Å². The third kappa shape index (κ3) is 3.48. The summed E-state index contributed by atoms with van der Waals surface area (Å²) in [5.74, 6) is 0. The second-order valence-corrected chi connectivity index (χ2v) is 6.90. The second-order valence-electron chi connectivity index (χ2n) is 6.90. The molecular weight excluding hydrogens is 230 g/mol. The zero-order valence-electron chi connectivity index (χ0n) is 12.8. The highest BCUT2D eigenvalue weighted by Crippen LogP contribution is 2.37. The van der Waals surface area contributed by atoms with Crippen LogP contribution in [0.15, 0.2) is 36.4 Å². The van der Waals surface area contributed by atoms with Crippen LogP contribution in [0.1, 0.15) is 52.5 Å². The molecule has 0 amide bonds. The van der Waals surface area contributed by atoms with Gasteiger partial charge in [0.2, 0.25) is 0 Å². The van der Waals surface area contributed by atoms with Gasteiger partial charge in [0.05, 0.1) is 0 Å². The lowest BCUT2D eigenvalue weighted by atomic mass is 9.80. The number of hydrogen-bond acceptors (Lipinski definition) is 1. The van der Waals surface area contributed by atoms with Crippen molar-refractivity contribution in [3.8, 4) is 0 Å². The van der Waals surface area contributed by atoms with E-state index in [0.717, 1.165) is 6.54 Å². The van der Waals surface area contributed by atoms with Crippen molar-refractivity contribution in [1.82, 2.24) is 4.90 Å². The summed E-state index contributed by atoms with van der Waals surface area (Å²) in [5.41, 5.74) is 1.90. The number of piperidine rings is 1. The summed E-state index contributed by atoms with van der Waals surface area (Å²) in [5, 5.41) is 0. The Kier molecular flexibility index (Phi) is 4.15. The van der Waals surface area contributed by atoms with Crippen LogP contribution >= 0.6 is 0 Å². The summed E-state index contributed by atoms with van der Waals surface area (Å²) in [4.78, 5) is 2.66. The van der Waals surface area contributed by atoms with Crippen molar-refractivity contribution >= 4 is 6.08 Å². The topological polar surface area (TPSA) is 3.24 Å². The van der Waals surface area contributed by atoms with Crippen LogP contribution in [-0.4, -0.2) is 22.5 Å². The van der Waals surface area contributed by atoms with Gasteiger partial charge in [0.15, 0.2) is 0 Å². The van der Waals surface area contributed by atoms with Crippen molar-refractivity contribution in [2.75, 3.05) is 6.54 Å². The monoisotopic (exact) mass is 257 g/mol. The Labute approximate surface area is 118 Å². The highest BCUT2D eigenvalue weighted by molar-refractivity contribution is 5.48. The summed E-state index contributed by atoms with van der Waals surface area (Å²) < 4.78 is 0. The highest BCUT2D eigenvalue weighted by atomic mass is 15.2. The largest absolute Gasteiger partial charge is 0.289 e. The minimum absolute atomic E-state index is 0.308. The maximum absolute atomic E-state index is 2.66. The molecule has 0 aromatic heterocycles. The van der Waals surface area contributed by atoms with Gasteiger partial charge in [0.1, 0.15) is 0 Å². The molecule has 0 aliphatic carbocycles. The van der Waals surface area contributed by atoms with Crippen molar-refractivity contribution in [1.29, 1.82) is 0 Å². The third-order valence-corrected chi connectivity index (χ3v) is 4.44. The summed E-state index contributed by atoms with van der Waals surface area (Å²) >= 11 is 0. The maximum Gasteiger partial charge on any atom is 0.0177 e. The molecular formula is C18H27N. The Morgan fingerprint density at radius 3 is 2.16 bits per heavy atom. The molecule has 2 rings (SSSR count). The van der Waals surface area contributed by atoms with E-state index in [2.05, 4.69) is 75.1 Å². The molecule has 1 saturated heterocycles. The summed E-state index contributed by atoms with van der Waals surface area (Å²) in [6.45, 7) is 10.6. The molecule has 19 heavy (non-hydrogen) atoms. The lowest BCUT2D eigenvalue weighted by Gasteiger charge is -2.52. The Morgan fingerprint density at radius 2 is 1.58 bits per heavy atom. The first-order valence-corrected chi connectivity index (χ1v) is 7.41. The first-order valence-electron chi connectivity index (χ1n) is 7.41. The normalized spacial score (nSPS) is 22.7. The second kappa shape index (κ2) is 5.50. The molecule has 0 atom stereocenters. The van der Waals surface area contributed by atoms with E-state index in [0.29, 0.717) is 11.1 Å². The lowest BCUT2D eigenvalue weighted by molar-refractivity contribution is -0.0161. The quantitative estimate of drug-likeness (QED) is 0.755. The van der Waals surface area contributed by atoms with Crippen molar-refractivity contribution in [3.05, 3.63) is 42.0 Å². The van der Waals surface area contributed by atoms with Crippen LogP contribution in [0.5, 0.6) is 0 Å². The van der Waals surface area contributed by atoms with E-state index in [-0.39, 0.29) is 0 Å². The molecule has 1 aromatic carbocycles. The molecule has 1 fully saturated rings. The van der Waals surface area contributed by atoms with Crippen LogP contribution in [0.2, 0.25) is 0 Å². The predicted molar refractivity (Wildman–Crippen MR) is 84.2 cm³/mol. The standard InChI is InChI=1S/C18H27N/c1-17(2)13-9-14-18(3,4)19(17)15-8-12-16-10-6-5-7-11-16/h5-8,10-12H,9,13-15H2,1-4H3/b12-8+. The van der Waals surface area contributed by atoms with E-state index in [9.17, 15) is 0 Å². The first kappa shape index (κ1) is 14.3. The van der Waals surface area contributed by atoms with Crippen LogP contribution in [0.25, 0.3) is 6.08 Å². The van der Waals surface area contributed by atoms with Gasteiger partial charge in [-0.25, -0.2) is 0 Å². The molecule has 0 unspecified atom stereocenters. The van der Waals surface area contributed by atoms with Gasteiger partial charge in [-0.3, -0.25) is 4.90 Å². The minimum Gasteiger partial charge on any atom is -0.289 e. The van der Waals surface area contributed by atoms with Crippen molar-refractivity contribution in [2.24, 2.45) is 0 Å². The molecule has 1 aromatic rings. The van der Waals surface area contributed by atoms with Crippen LogP contribution in [0, 0.1) is 0 Å². The van der Waals surface area contributed by atoms with Crippen molar-refractivity contribution < 1.29 is 0 Å². The summed E-state index contributed by atoms with van der Waals surface area (Å²) in [7, 11) is 0. The van der Waals surface area contributed by atoms with E-state index in [1.165, 1.54) is 24.8 Å². The van der Waals surface area contributed by atoms with Crippen LogP contribution in [0.4, 0.5) is 0 Å². The Bertz CT molecular complexity index is 412. The molecule has 0 N–H and O–H groups in total. The number of likely N-dealkylation sites (tertiary alicyclic amines) is 1. The summed E-state index contributed by atoms with van der Waals surface area (Å²) in [6.07, 6.45) is 8.50. The van der Waals surface area contributed by atoms with E-state index in [1.807, 2.05) is 0 Å². The first-order chi connectivity index (χ1) is 8.92. The van der Waals surface area contributed by atoms with Gasteiger partial charge < -0.3 is 0 Å². The van der Waals surface area contributed by atoms with E-state index < -0.39 is 0 Å². The van der Waals surface area contributed by atoms with Crippen LogP contribution < -0.4 is 0 Å². The molecule has 0 saturated carbocycles. The molecule has 0 bridgehead atoms. The molecule has 1 aliphatic heterocycles. The van der Waals surface area contributed by atoms with E-state index in [1.54, 1.807) is 0 Å². The van der Waals surface area contributed by atoms with Crippen molar-refractivity contribution in [2.45, 2.75) is 58.0 Å². The van der Waals surface area contributed by atoms with Gasteiger partial charge in [0.25, 0.3) is 0 Å². The third-order valence-electron chi connectivity index (χ3n) is 4.44. The van der Waals surface area contributed by atoms with Crippen molar-refractivity contribution in [3.63, 3.8) is 0 Å². The fourth-order valence-corrected chi connectivity index (χ4v) is 3.40. The van der Waals surface area contributed by atoms with Crippen LogP contribution in [-0.2, 0) is 0 Å². The molecule has 0 radical (unpaired) electrons. The van der Waals surface area contributed by atoms with Crippen LogP contribution in [0.3, 0.4) is 0 Å². The van der Waals surface area contributed by atoms with Gasteiger partial charge >= 0.3 is 0 Å². The average Bonchev–Trinajstić information content (AvgIpc) is 2.33. The molecule has 0 spiro atoms. The minimum atomic E-state index is 0.308. The number of rotatable bonds is 3.